The van der Waals surface area contributed by atoms with Gasteiger partial charge in [0, 0.05) is 30.7 Å². The van der Waals surface area contributed by atoms with E-state index in [1.165, 1.54) is 12.1 Å². The van der Waals surface area contributed by atoms with Crippen LogP contribution in [0, 0.1) is 10.1 Å². The van der Waals surface area contributed by atoms with Crippen LogP contribution in [0.4, 0.5) is 11.4 Å². The summed E-state index contributed by atoms with van der Waals surface area (Å²) in [6.45, 7) is 4.23. The van der Waals surface area contributed by atoms with E-state index in [4.69, 9.17) is 16.3 Å². The molecule has 1 fully saturated rings. The van der Waals surface area contributed by atoms with Crippen molar-refractivity contribution in [1.82, 2.24) is 4.90 Å². The molecule has 1 unspecified atom stereocenters. The highest BCUT2D eigenvalue weighted by molar-refractivity contribution is 6.31. The molecule has 0 amide bonds. The monoisotopic (exact) mass is 375 g/mol. The molecule has 7 heteroatoms. The van der Waals surface area contributed by atoms with E-state index in [-0.39, 0.29) is 16.7 Å². The zero-order valence-corrected chi connectivity index (χ0v) is 15.2. The molecule has 0 radical (unpaired) electrons. The van der Waals surface area contributed by atoms with Crippen LogP contribution < -0.4 is 5.32 Å². The first-order valence-corrected chi connectivity index (χ1v) is 9.07. The number of hydrogen-bond donors (Lipinski definition) is 1. The molecule has 1 heterocycles. The van der Waals surface area contributed by atoms with Gasteiger partial charge in [-0.25, -0.2) is 0 Å². The van der Waals surface area contributed by atoms with Gasteiger partial charge in [0.1, 0.15) is 5.69 Å². The van der Waals surface area contributed by atoms with E-state index in [2.05, 4.69) is 10.2 Å². The molecule has 0 bridgehead atoms. The number of nitro benzene ring substituents is 1. The highest BCUT2D eigenvalue weighted by Crippen LogP contribution is 2.32. The van der Waals surface area contributed by atoms with E-state index in [0.717, 1.165) is 44.8 Å². The first kappa shape index (κ1) is 18.6. The summed E-state index contributed by atoms with van der Waals surface area (Å²) in [6, 6.07) is 14.5. The molecule has 1 aliphatic heterocycles. The van der Waals surface area contributed by atoms with E-state index in [9.17, 15) is 10.1 Å². The maximum Gasteiger partial charge on any atom is 0.292 e. The Morgan fingerprint density at radius 2 is 1.92 bits per heavy atom. The van der Waals surface area contributed by atoms with Crippen LogP contribution >= 0.6 is 11.6 Å². The molecule has 138 valence electrons. The summed E-state index contributed by atoms with van der Waals surface area (Å²) in [7, 11) is 0. The molecule has 26 heavy (non-hydrogen) atoms. The Bertz CT molecular complexity index is 736. The zero-order valence-electron chi connectivity index (χ0n) is 14.4. The van der Waals surface area contributed by atoms with Gasteiger partial charge in [0.25, 0.3) is 5.69 Å². The Kier molecular flexibility index (Phi) is 6.44. The molecule has 0 saturated carbocycles. The number of morpholine rings is 1. The highest BCUT2D eigenvalue weighted by Gasteiger charge is 2.20. The molecule has 1 saturated heterocycles. The van der Waals surface area contributed by atoms with Gasteiger partial charge < -0.3 is 10.1 Å². The van der Waals surface area contributed by atoms with Gasteiger partial charge in [0.05, 0.1) is 24.2 Å². The summed E-state index contributed by atoms with van der Waals surface area (Å²) >= 11 is 6.07. The Labute approximate surface area is 157 Å². The van der Waals surface area contributed by atoms with Crippen LogP contribution in [0.1, 0.15) is 18.0 Å². The van der Waals surface area contributed by atoms with Crippen LogP contribution in [0.5, 0.6) is 0 Å². The fraction of sp³-hybridized carbons (Fsp3) is 0.368. The number of benzene rings is 2. The van der Waals surface area contributed by atoms with Crippen LogP contribution in [-0.2, 0) is 4.74 Å². The van der Waals surface area contributed by atoms with Gasteiger partial charge in [-0.15, -0.1) is 0 Å². The van der Waals surface area contributed by atoms with Gasteiger partial charge in [-0.2, -0.15) is 0 Å². The third-order valence-corrected chi connectivity index (χ3v) is 4.76. The van der Waals surface area contributed by atoms with E-state index >= 15 is 0 Å². The molecular weight excluding hydrogens is 354 g/mol. The first-order chi connectivity index (χ1) is 12.6. The number of rotatable bonds is 7. The molecule has 1 atom stereocenters. The lowest BCUT2D eigenvalue weighted by molar-refractivity contribution is -0.384. The second-order valence-corrected chi connectivity index (χ2v) is 6.71. The third-order valence-electron chi connectivity index (χ3n) is 4.52. The molecule has 1 N–H and O–H groups in total. The van der Waals surface area contributed by atoms with Gasteiger partial charge in [-0.05, 0) is 24.1 Å². The van der Waals surface area contributed by atoms with Crippen LogP contribution in [-0.4, -0.2) is 42.7 Å². The third kappa shape index (κ3) is 4.94. The average Bonchev–Trinajstić information content (AvgIpc) is 2.66. The van der Waals surface area contributed by atoms with Crippen molar-refractivity contribution in [2.24, 2.45) is 0 Å². The quantitative estimate of drug-likeness (QED) is 0.582. The lowest BCUT2D eigenvalue weighted by Crippen LogP contribution is -2.37. The van der Waals surface area contributed by atoms with Crippen molar-refractivity contribution in [2.75, 3.05) is 38.2 Å². The van der Waals surface area contributed by atoms with Gasteiger partial charge in [0.15, 0.2) is 0 Å². The molecule has 2 aromatic carbocycles. The van der Waals surface area contributed by atoms with Crippen LogP contribution in [0.15, 0.2) is 48.5 Å². The van der Waals surface area contributed by atoms with Crippen LogP contribution in [0.25, 0.3) is 0 Å². The number of nitrogens with one attached hydrogen (secondary N) is 1. The summed E-state index contributed by atoms with van der Waals surface area (Å²) in [4.78, 5) is 13.3. The van der Waals surface area contributed by atoms with E-state index in [1.807, 2.05) is 30.3 Å². The van der Waals surface area contributed by atoms with E-state index in [0.29, 0.717) is 10.7 Å². The second-order valence-electron chi connectivity index (χ2n) is 6.27. The fourth-order valence-corrected chi connectivity index (χ4v) is 3.29. The molecule has 0 aliphatic carbocycles. The zero-order chi connectivity index (χ0) is 18.4. The summed E-state index contributed by atoms with van der Waals surface area (Å²) in [5.41, 5.74) is 1.56. The smallest absolute Gasteiger partial charge is 0.292 e. The lowest BCUT2D eigenvalue weighted by Gasteiger charge is -2.29. The van der Waals surface area contributed by atoms with Crippen LogP contribution in [0.2, 0.25) is 5.02 Å². The first-order valence-electron chi connectivity index (χ1n) is 8.69. The minimum absolute atomic E-state index is 0.0294. The summed E-state index contributed by atoms with van der Waals surface area (Å²) < 4.78 is 5.40. The van der Waals surface area contributed by atoms with Crippen molar-refractivity contribution in [2.45, 2.75) is 12.5 Å². The Balaban J connectivity index is 1.79. The highest BCUT2D eigenvalue weighted by atomic mass is 35.5. The number of halogens is 1. The Morgan fingerprint density at radius 3 is 2.62 bits per heavy atom. The molecule has 0 spiro atoms. The minimum Gasteiger partial charge on any atom is -0.379 e. The van der Waals surface area contributed by atoms with Gasteiger partial charge in [-0.1, -0.05) is 41.9 Å². The molecule has 1 aliphatic rings. The number of anilines is 1. The van der Waals surface area contributed by atoms with Gasteiger partial charge in [0.2, 0.25) is 0 Å². The summed E-state index contributed by atoms with van der Waals surface area (Å²) in [5.74, 6) is 0. The van der Waals surface area contributed by atoms with Gasteiger partial charge in [-0.3, -0.25) is 15.0 Å². The van der Waals surface area contributed by atoms with Crippen molar-refractivity contribution in [3.8, 4) is 0 Å². The summed E-state index contributed by atoms with van der Waals surface area (Å²) in [5, 5.41) is 15.2. The average molecular weight is 376 g/mol. The maximum absolute atomic E-state index is 11.4. The van der Waals surface area contributed by atoms with E-state index in [1.54, 1.807) is 6.07 Å². The molecule has 0 aromatic heterocycles. The van der Waals surface area contributed by atoms with Crippen LogP contribution in [0.3, 0.4) is 0 Å². The number of hydrogen-bond acceptors (Lipinski definition) is 5. The second kappa shape index (κ2) is 8.98. The predicted molar refractivity (Wildman–Crippen MR) is 103 cm³/mol. The van der Waals surface area contributed by atoms with Crippen molar-refractivity contribution >= 4 is 23.0 Å². The fourth-order valence-electron chi connectivity index (χ4n) is 3.11. The molecular formula is C19H22ClN3O3. The maximum atomic E-state index is 11.4. The number of ether oxygens (including phenoxy) is 1. The van der Waals surface area contributed by atoms with Gasteiger partial charge >= 0.3 is 0 Å². The Hall–Kier alpha value is -2.15. The number of nitrogens with zero attached hydrogens (tertiary/aromatic N) is 2. The minimum atomic E-state index is -0.386. The van der Waals surface area contributed by atoms with Crippen molar-refractivity contribution in [1.29, 1.82) is 0 Å². The normalized spacial score (nSPS) is 16.2. The van der Waals surface area contributed by atoms with Crippen molar-refractivity contribution in [3.05, 3.63) is 69.2 Å². The van der Waals surface area contributed by atoms with Crippen molar-refractivity contribution in [3.63, 3.8) is 0 Å². The van der Waals surface area contributed by atoms with Crippen molar-refractivity contribution < 1.29 is 9.66 Å². The Morgan fingerprint density at radius 1 is 1.19 bits per heavy atom. The summed E-state index contributed by atoms with van der Waals surface area (Å²) in [6.07, 6.45) is 0.827. The SMILES string of the molecule is O=[N+]([O-])c1ccc(Cl)cc1NC(CCN1CCOCC1)c1ccccc1. The topological polar surface area (TPSA) is 67.6 Å². The molecule has 6 nitrogen and oxygen atoms in total. The molecule has 2 aromatic rings. The number of nitro groups is 1. The molecule has 3 rings (SSSR count). The largest absolute Gasteiger partial charge is 0.379 e. The standard InChI is InChI=1S/C19H22ClN3O3/c20-16-6-7-19(23(24)25)18(14-16)21-17(15-4-2-1-3-5-15)8-9-22-10-12-26-13-11-22/h1-7,14,17,21H,8-13H2. The lowest BCUT2D eigenvalue weighted by atomic mass is 10.0. The van der Waals surface area contributed by atoms with E-state index < -0.39 is 0 Å². The predicted octanol–water partition coefficient (Wildman–Crippen LogP) is 4.12.